The van der Waals surface area contributed by atoms with Gasteiger partial charge in [-0.2, -0.15) is 4.98 Å². The number of hydrogen-bond acceptors (Lipinski definition) is 4. The lowest BCUT2D eigenvalue weighted by Crippen LogP contribution is -2.24. The lowest BCUT2D eigenvalue weighted by atomic mass is 10.0. The first-order valence-electron chi connectivity index (χ1n) is 5.76. The molecule has 1 aromatic heterocycles. The molecule has 0 fully saturated rings. The maximum atomic E-state index is 5.02. The van der Waals surface area contributed by atoms with Gasteiger partial charge in [0.25, 0.3) is 0 Å². The summed E-state index contributed by atoms with van der Waals surface area (Å²) < 4.78 is 5.02. The highest BCUT2D eigenvalue weighted by molar-refractivity contribution is 4.83. The molecule has 0 aromatic carbocycles. The molecule has 86 valence electrons. The van der Waals surface area contributed by atoms with Crippen LogP contribution in [0.3, 0.4) is 0 Å². The van der Waals surface area contributed by atoms with Crippen LogP contribution in [0.1, 0.15) is 38.4 Å². The third-order valence-electron chi connectivity index (χ3n) is 2.67. The van der Waals surface area contributed by atoms with Crippen LogP contribution < -0.4 is 5.32 Å². The van der Waals surface area contributed by atoms with Crippen LogP contribution in [-0.2, 0) is 6.42 Å². The standard InChI is InChI=1S/C11H21N3O/c1-4-10(5-2)8-12-7-6-11-13-9(3)14-15-11/h10,12H,4-8H2,1-3H3. The van der Waals surface area contributed by atoms with Crippen LogP contribution in [-0.4, -0.2) is 23.2 Å². The zero-order chi connectivity index (χ0) is 11.1. The Labute approximate surface area is 91.5 Å². The van der Waals surface area contributed by atoms with Gasteiger partial charge >= 0.3 is 0 Å². The van der Waals surface area contributed by atoms with Crippen molar-refractivity contribution in [2.45, 2.75) is 40.0 Å². The average Bonchev–Trinajstić information content (AvgIpc) is 2.65. The van der Waals surface area contributed by atoms with Crippen molar-refractivity contribution in [3.8, 4) is 0 Å². The zero-order valence-electron chi connectivity index (χ0n) is 9.92. The molecule has 0 aliphatic rings. The Morgan fingerprint density at radius 3 is 2.60 bits per heavy atom. The molecule has 1 aromatic rings. The topological polar surface area (TPSA) is 51.0 Å². The Kier molecular flexibility index (Phi) is 5.32. The number of hydrogen-bond donors (Lipinski definition) is 1. The van der Waals surface area contributed by atoms with Crippen molar-refractivity contribution in [3.63, 3.8) is 0 Å². The Hall–Kier alpha value is -0.900. The Morgan fingerprint density at radius 2 is 2.07 bits per heavy atom. The lowest BCUT2D eigenvalue weighted by Gasteiger charge is -2.12. The van der Waals surface area contributed by atoms with E-state index in [9.17, 15) is 0 Å². The van der Waals surface area contributed by atoms with E-state index in [1.54, 1.807) is 0 Å². The molecule has 1 heterocycles. The van der Waals surface area contributed by atoms with E-state index >= 15 is 0 Å². The van der Waals surface area contributed by atoms with Gasteiger partial charge in [-0.05, 0) is 19.4 Å². The van der Waals surface area contributed by atoms with Gasteiger partial charge in [-0.15, -0.1) is 0 Å². The van der Waals surface area contributed by atoms with Gasteiger partial charge < -0.3 is 9.84 Å². The Balaban J connectivity index is 2.11. The summed E-state index contributed by atoms with van der Waals surface area (Å²) in [5, 5.41) is 7.17. The quantitative estimate of drug-likeness (QED) is 0.700. The number of aromatic nitrogens is 2. The minimum Gasteiger partial charge on any atom is -0.339 e. The van der Waals surface area contributed by atoms with Gasteiger partial charge in [-0.3, -0.25) is 0 Å². The van der Waals surface area contributed by atoms with Crippen molar-refractivity contribution in [2.75, 3.05) is 13.1 Å². The van der Waals surface area contributed by atoms with Gasteiger partial charge in [0.05, 0.1) is 0 Å². The van der Waals surface area contributed by atoms with Crippen molar-refractivity contribution in [2.24, 2.45) is 5.92 Å². The first-order valence-corrected chi connectivity index (χ1v) is 5.76. The van der Waals surface area contributed by atoms with E-state index in [2.05, 4.69) is 29.3 Å². The summed E-state index contributed by atoms with van der Waals surface area (Å²) in [6.45, 7) is 8.30. The van der Waals surface area contributed by atoms with E-state index in [0.717, 1.165) is 31.3 Å². The molecule has 0 saturated carbocycles. The highest BCUT2D eigenvalue weighted by atomic mass is 16.5. The maximum absolute atomic E-state index is 5.02. The van der Waals surface area contributed by atoms with Crippen LogP contribution >= 0.6 is 0 Å². The smallest absolute Gasteiger partial charge is 0.227 e. The predicted octanol–water partition coefficient (Wildman–Crippen LogP) is 1.95. The van der Waals surface area contributed by atoms with Gasteiger partial charge in [0.15, 0.2) is 5.82 Å². The van der Waals surface area contributed by atoms with Gasteiger partial charge in [-0.25, -0.2) is 0 Å². The summed E-state index contributed by atoms with van der Waals surface area (Å²) in [6, 6.07) is 0. The SMILES string of the molecule is CCC(CC)CNCCc1nc(C)no1. The van der Waals surface area contributed by atoms with Gasteiger partial charge in [0.2, 0.25) is 5.89 Å². The van der Waals surface area contributed by atoms with E-state index in [4.69, 9.17) is 4.52 Å². The van der Waals surface area contributed by atoms with Crippen molar-refractivity contribution < 1.29 is 4.52 Å². The maximum Gasteiger partial charge on any atom is 0.227 e. The molecule has 1 N–H and O–H groups in total. The molecule has 15 heavy (non-hydrogen) atoms. The van der Waals surface area contributed by atoms with Crippen LogP contribution in [0.4, 0.5) is 0 Å². The molecule has 0 spiro atoms. The summed E-state index contributed by atoms with van der Waals surface area (Å²) in [6.07, 6.45) is 3.30. The molecule has 0 unspecified atom stereocenters. The fourth-order valence-corrected chi connectivity index (χ4v) is 1.52. The minimum absolute atomic E-state index is 0.713. The Morgan fingerprint density at radius 1 is 1.33 bits per heavy atom. The second-order valence-corrected chi connectivity index (χ2v) is 3.87. The minimum atomic E-state index is 0.713. The van der Waals surface area contributed by atoms with E-state index in [1.807, 2.05) is 6.92 Å². The first kappa shape index (κ1) is 12.2. The summed E-state index contributed by atoms with van der Waals surface area (Å²) in [5.41, 5.74) is 0. The average molecular weight is 211 g/mol. The summed E-state index contributed by atoms with van der Waals surface area (Å²) in [5.74, 6) is 2.23. The molecular weight excluding hydrogens is 190 g/mol. The summed E-state index contributed by atoms with van der Waals surface area (Å²) >= 11 is 0. The largest absolute Gasteiger partial charge is 0.339 e. The fraction of sp³-hybridized carbons (Fsp3) is 0.818. The lowest BCUT2D eigenvalue weighted by molar-refractivity contribution is 0.368. The molecule has 0 saturated heterocycles. The number of nitrogens with zero attached hydrogens (tertiary/aromatic N) is 2. The van der Waals surface area contributed by atoms with Crippen LogP contribution in [0.2, 0.25) is 0 Å². The summed E-state index contributed by atoms with van der Waals surface area (Å²) in [4.78, 5) is 4.15. The molecule has 0 aliphatic heterocycles. The molecule has 0 radical (unpaired) electrons. The zero-order valence-corrected chi connectivity index (χ0v) is 9.92. The second kappa shape index (κ2) is 6.56. The highest BCUT2D eigenvalue weighted by Gasteiger charge is 2.04. The molecule has 0 atom stereocenters. The van der Waals surface area contributed by atoms with Crippen molar-refractivity contribution in [1.29, 1.82) is 0 Å². The first-order chi connectivity index (χ1) is 7.26. The van der Waals surface area contributed by atoms with Crippen molar-refractivity contribution in [1.82, 2.24) is 15.5 Å². The highest BCUT2D eigenvalue weighted by Crippen LogP contribution is 2.05. The van der Waals surface area contributed by atoms with E-state index < -0.39 is 0 Å². The third-order valence-corrected chi connectivity index (χ3v) is 2.67. The van der Waals surface area contributed by atoms with Gasteiger partial charge in [-0.1, -0.05) is 31.8 Å². The van der Waals surface area contributed by atoms with Crippen LogP contribution in [0.25, 0.3) is 0 Å². The second-order valence-electron chi connectivity index (χ2n) is 3.87. The normalized spacial score (nSPS) is 11.2. The number of nitrogens with one attached hydrogen (secondary N) is 1. The van der Waals surface area contributed by atoms with E-state index in [1.165, 1.54) is 12.8 Å². The molecule has 4 heteroatoms. The number of rotatable bonds is 7. The molecule has 1 rings (SSSR count). The van der Waals surface area contributed by atoms with Crippen LogP contribution in [0.15, 0.2) is 4.52 Å². The van der Waals surface area contributed by atoms with Crippen LogP contribution in [0, 0.1) is 12.8 Å². The fourth-order valence-electron chi connectivity index (χ4n) is 1.52. The predicted molar refractivity (Wildman–Crippen MR) is 59.7 cm³/mol. The molecular formula is C11H21N3O. The number of aryl methyl sites for hydroxylation is 1. The van der Waals surface area contributed by atoms with Crippen molar-refractivity contribution >= 4 is 0 Å². The molecule has 0 amide bonds. The van der Waals surface area contributed by atoms with Gasteiger partial charge in [0.1, 0.15) is 0 Å². The molecule has 0 aliphatic carbocycles. The Bertz CT molecular complexity index is 269. The van der Waals surface area contributed by atoms with E-state index in [0.29, 0.717) is 5.82 Å². The van der Waals surface area contributed by atoms with Crippen LogP contribution in [0.5, 0.6) is 0 Å². The van der Waals surface area contributed by atoms with Gasteiger partial charge in [0, 0.05) is 13.0 Å². The summed E-state index contributed by atoms with van der Waals surface area (Å²) in [7, 11) is 0. The molecule has 4 nitrogen and oxygen atoms in total. The third kappa shape index (κ3) is 4.42. The monoisotopic (exact) mass is 211 g/mol. The van der Waals surface area contributed by atoms with Crippen molar-refractivity contribution in [3.05, 3.63) is 11.7 Å². The molecule has 0 bridgehead atoms. The van der Waals surface area contributed by atoms with E-state index in [-0.39, 0.29) is 0 Å².